The molecule has 1 heterocycles. The first-order valence-corrected chi connectivity index (χ1v) is 11.7. The zero-order valence-corrected chi connectivity index (χ0v) is 17.6. The van der Waals surface area contributed by atoms with Crippen LogP contribution in [0.15, 0.2) is 33.5 Å². The van der Waals surface area contributed by atoms with E-state index in [9.17, 15) is 36.5 Å². The van der Waals surface area contributed by atoms with Crippen molar-refractivity contribution < 1.29 is 41.5 Å². The third kappa shape index (κ3) is 6.83. The Hall–Kier alpha value is -3.38. The van der Waals surface area contributed by atoms with Gasteiger partial charge in [-0.2, -0.15) is 8.42 Å². The topological polar surface area (TPSA) is 225 Å². The van der Waals surface area contributed by atoms with Crippen LogP contribution in [0.4, 0.5) is 5.13 Å². The Bertz CT molecular complexity index is 1210. The summed E-state index contributed by atoms with van der Waals surface area (Å²) in [5.74, 6) is -2.34. The smallest absolute Gasteiger partial charge is 0.335 e. The Kier molecular flexibility index (Phi) is 7.41. The predicted octanol–water partition coefficient (Wildman–Crippen LogP) is -0.169. The van der Waals surface area contributed by atoms with Gasteiger partial charge in [0.05, 0.1) is 17.1 Å². The molecule has 0 aliphatic carbocycles. The molecule has 1 aromatic carbocycles. The fourth-order valence-electron chi connectivity index (χ4n) is 1.95. The molecule has 0 aliphatic rings. The summed E-state index contributed by atoms with van der Waals surface area (Å²) in [6.07, 6.45) is -0.524. The number of anilines is 1. The molecule has 0 spiro atoms. The molecule has 0 aliphatic heterocycles. The number of aromatic nitrogens is 2. The van der Waals surface area contributed by atoms with E-state index in [0.29, 0.717) is 11.3 Å². The maximum absolute atomic E-state index is 12.4. The number of carboxylic acid groups (broad SMARTS) is 1. The van der Waals surface area contributed by atoms with E-state index in [0.717, 1.165) is 12.1 Å². The normalized spacial score (nSPS) is 11.5. The number of nitrogens with zero attached hydrogens (tertiary/aromatic N) is 3. The molecule has 168 valence electrons. The highest BCUT2D eigenvalue weighted by Crippen LogP contribution is 2.23. The van der Waals surface area contributed by atoms with Crippen LogP contribution < -0.4 is 9.44 Å². The standard InChI is InChI=1S/C13H13N5O10S3/c19-10(5-2-6-28-18(22)23)16-31(26,27)13-15-14-12(29-13)17-30(24,25)9-4-1-3-8(7-9)11(20)21/h1,3-4,7H,2,5-6H2,(H,14,17)(H,16,19)(H,20,21). The monoisotopic (exact) mass is 495 g/mol. The van der Waals surface area contributed by atoms with Crippen LogP contribution in [-0.4, -0.2) is 55.7 Å². The number of hydrogen-bond donors (Lipinski definition) is 3. The van der Waals surface area contributed by atoms with Gasteiger partial charge in [-0.15, -0.1) is 20.3 Å². The Morgan fingerprint density at radius 1 is 1.19 bits per heavy atom. The quantitative estimate of drug-likeness (QED) is 0.210. The minimum Gasteiger partial charge on any atom is -0.478 e. The maximum atomic E-state index is 12.4. The van der Waals surface area contributed by atoms with E-state index in [1.807, 2.05) is 4.72 Å². The van der Waals surface area contributed by atoms with Gasteiger partial charge in [0.2, 0.25) is 11.0 Å². The number of amides is 1. The Labute approximate surface area is 178 Å². The summed E-state index contributed by atoms with van der Waals surface area (Å²) in [7, 11) is -8.78. The summed E-state index contributed by atoms with van der Waals surface area (Å²) < 4.78 is 51.9. The van der Waals surface area contributed by atoms with Crippen molar-refractivity contribution in [1.82, 2.24) is 14.9 Å². The summed E-state index contributed by atoms with van der Waals surface area (Å²) in [6, 6.07) is 4.41. The fourth-order valence-corrected chi connectivity index (χ4v) is 5.14. The van der Waals surface area contributed by atoms with Gasteiger partial charge in [0.15, 0.2) is 0 Å². The third-order valence-electron chi connectivity index (χ3n) is 3.24. The van der Waals surface area contributed by atoms with Crippen molar-refractivity contribution in [2.75, 3.05) is 11.3 Å². The number of sulfonamides is 2. The number of nitrogens with one attached hydrogen (secondary N) is 2. The minimum atomic E-state index is -4.47. The van der Waals surface area contributed by atoms with E-state index in [1.165, 1.54) is 12.1 Å². The molecule has 0 atom stereocenters. The molecule has 1 amide bonds. The third-order valence-corrected chi connectivity index (χ3v) is 7.29. The van der Waals surface area contributed by atoms with Crippen molar-refractivity contribution in [2.45, 2.75) is 22.1 Å². The fraction of sp³-hybridized carbons (Fsp3) is 0.231. The highest BCUT2D eigenvalue weighted by Gasteiger charge is 2.25. The zero-order valence-electron chi connectivity index (χ0n) is 15.1. The highest BCUT2D eigenvalue weighted by molar-refractivity contribution is 7.93. The van der Waals surface area contributed by atoms with Crippen molar-refractivity contribution in [1.29, 1.82) is 0 Å². The number of carbonyl (C=O) groups is 2. The van der Waals surface area contributed by atoms with Crippen LogP contribution in [0, 0.1) is 10.1 Å². The molecule has 0 bridgehead atoms. The summed E-state index contributed by atoms with van der Waals surface area (Å²) in [4.78, 5) is 36.2. The van der Waals surface area contributed by atoms with Gasteiger partial charge in [-0.1, -0.05) is 17.4 Å². The lowest BCUT2D eigenvalue weighted by molar-refractivity contribution is -0.757. The lowest BCUT2D eigenvalue weighted by Crippen LogP contribution is -2.30. The van der Waals surface area contributed by atoms with Crippen LogP contribution in [0.25, 0.3) is 0 Å². The first kappa shape index (κ1) is 23.9. The highest BCUT2D eigenvalue weighted by atomic mass is 32.2. The average molecular weight is 495 g/mol. The Balaban J connectivity index is 2.06. The molecule has 2 rings (SSSR count). The van der Waals surface area contributed by atoms with Gasteiger partial charge in [-0.25, -0.2) is 17.9 Å². The summed E-state index contributed by atoms with van der Waals surface area (Å²) in [5.41, 5.74) is -0.283. The van der Waals surface area contributed by atoms with Gasteiger partial charge in [0.1, 0.15) is 0 Å². The van der Waals surface area contributed by atoms with E-state index >= 15 is 0 Å². The van der Waals surface area contributed by atoms with Gasteiger partial charge in [-0.05, 0) is 24.6 Å². The second-order valence-corrected chi connectivity index (χ2v) is 10.0. The van der Waals surface area contributed by atoms with Gasteiger partial charge < -0.3 is 9.94 Å². The Morgan fingerprint density at radius 2 is 1.90 bits per heavy atom. The van der Waals surface area contributed by atoms with E-state index in [2.05, 4.69) is 15.0 Å². The molecule has 1 aromatic heterocycles. The number of carboxylic acids is 1. The zero-order chi connectivity index (χ0) is 23.2. The van der Waals surface area contributed by atoms with Crippen LogP contribution in [0.5, 0.6) is 0 Å². The first-order chi connectivity index (χ1) is 14.4. The molecule has 0 unspecified atom stereocenters. The van der Waals surface area contributed by atoms with Crippen LogP contribution in [0.3, 0.4) is 0 Å². The van der Waals surface area contributed by atoms with Crippen molar-refractivity contribution in [3.05, 3.63) is 39.9 Å². The summed E-state index contributed by atoms with van der Waals surface area (Å²) in [6.45, 7) is -0.408. The lowest BCUT2D eigenvalue weighted by Gasteiger charge is -2.05. The van der Waals surface area contributed by atoms with Crippen LogP contribution >= 0.6 is 11.3 Å². The lowest BCUT2D eigenvalue weighted by atomic mass is 10.2. The number of rotatable bonds is 11. The molecule has 2 aromatic rings. The van der Waals surface area contributed by atoms with E-state index in [1.54, 1.807) is 4.72 Å². The van der Waals surface area contributed by atoms with Crippen molar-refractivity contribution in [2.24, 2.45) is 0 Å². The molecule has 15 nitrogen and oxygen atoms in total. The summed E-state index contributed by atoms with van der Waals surface area (Å²) in [5, 5.41) is 24.1. The number of carbonyl (C=O) groups excluding carboxylic acids is 1. The average Bonchev–Trinajstić information content (AvgIpc) is 3.13. The predicted molar refractivity (Wildman–Crippen MR) is 102 cm³/mol. The van der Waals surface area contributed by atoms with Gasteiger partial charge in [0.25, 0.3) is 29.5 Å². The van der Waals surface area contributed by atoms with Gasteiger partial charge in [-0.3, -0.25) is 9.52 Å². The molecule has 31 heavy (non-hydrogen) atoms. The molecular weight excluding hydrogens is 482 g/mol. The summed E-state index contributed by atoms with van der Waals surface area (Å²) >= 11 is 0.301. The van der Waals surface area contributed by atoms with Gasteiger partial charge in [0, 0.05) is 6.42 Å². The van der Waals surface area contributed by atoms with Crippen LogP contribution in [-0.2, 0) is 29.7 Å². The molecule has 0 saturated carbocycles. The SMILES string of the molecule is O=C(CCCO[N+](=O)[O-])NS(=O)(=O)c1nnc(NS(=O)(=O)c2cccc(C(=O)O)c2)s1. The van der Waals surface area contributed by atoms with E-state index < -0.39 is 64.4 Å². The minimum absolute atomic E-state index is 0.126. The molecule has 0 saturated heterocycles. The van der Waals surface area contributed by atoms with E-state index in [-0.39, 0.29) is 12.0 Å². The van der Waals surface area contributed by atoms with Crippen molar-refractivity contribution >= 4 is 48.4 Å². The first-order valence-electron chi connectivity index (χ1n) is 7.93. The van der Waals surface area contributed by atoms with Gasteiger partial charge >= 0.3 is 5.97 Å². The van der Waals surface area contributed by atoms with Crippen LogP contribution in [0.1, 0.15) is 23.2 Å². The van der Waals surface area contributed by atoms with Crippen molar-refractivity contribution in [3.8, 4) is 0 Å². The number of aromatic carboxylic acids is 1. The Morgan fingerprint density at radius 3 is 2.55 bits per heavy atom. The second kappa shape index (κ2) is 9.62. The van der Waals surface area contributed by atoms with E-state index in [4.69, 9.17) is 5.11 Å². The largest absolute Gasteiger partial charge is 0.478 e. The molecule has 3 N–H and O–H groups in total. The second-order valence-electron chi connectivity index (χ2n) is 5.50. The molecule has 18 heteroatoms. The number of hydrogen-bond acceptors (Lipinski definition) is 12. The molecular formula is C13H13N5O10S3. The molecule has 0 radical (unpaired) electrons. The molecule has 0 fully saturated rings. The van der Waals surface area contributed by atoms with Crippen molar-refractivity contribution in [3.63, 3.8) is 0 Å². The number of benzene rings is 1. The maximum Gasteiger partial charge on any atom is 0.335 e. The van der Waals surface area contributed by atoms with Crippen LogP contribution in [0.2, 0.25) is 0 Å².